The molecule has 0 spiro atoms. The number of hydrogen-bond donors (Lipinski definition) is 3. The highest BCUT2D eigenvalue weighted by molar-refractivity contribution is 7.15. The van der Waals surface area contributed by atoms with E-state index < -0.39 is 0 Å². The first kappa shape index (κ1) is 13.5. The summed E-state index contributed by atoms with van der Waals surface area (Å²) in [6.07, 6.45) is 0.813. The van der Waals surface area contributed by atoms with Crippen molar-refractivity contribution in [3.63, 3.8) is 0 Å². The smallest absolute Gasteiger partial charge is 0.222 e. The highest BCUT2D eigenvalue weighted by atomic mass is 32.1. The summed E-state index contributed by atoms with van der Waals surface area (Å²) >= 11 is 1.35. The average Bonchev–Trinajstić information content (AvgIpc) is 2.80. The van der Waals surface area contributed by atoms with Crippen molar-refractivity contribution in [2.45, 2.75) is 33.2 Å². The molecule has 2 heterocycles. The fourth-order valence-corrected chi connectivity index (χ4v) is 2.37. The topological polar surface area (TPSA) is 116 Å². The van der Waals surface area contributed by atoms with Gasteiger partial charge in [0.1, 0.15) is 10.8 Å². The van der Waals surface area contributed by atoms with Crippen LogP contribution in [-0.2, 0) is 6.42 Å². The van der Waals surface area contributed by atoms with Crippen molar-refractivity contribution in [1.29, 1.82) is 0 Å². The Kier molecular flexibility index (Phi) is 3.79. The van der Waals surface area contributed by atoms with Gasteiger partial charge in [0.05, 0.1) is 11.7 Å². The number of nitrogens with zero attached hydrogens (tertiary/aromatic N) is 4. The molecule has 0 aromatic carbocycles. The van der Waals surface area contributed by atoms with Crippen molar-refractivity contribution < 1.29 is 0 Å². The standard InChI is InChI=1S/C11H17N7S/c1-4-7-5(2)8(16-10(12)15-7)14-6(3)9-17-18-11(13)19-9/h6H,4H2,1-3H3,(H2,13,18)(H3,12,14,15,16)/t6-/m0/s1. The molecule has 0 saturated heterocycles. The number of nitrogens with one attached hydrogen (secondary N) is 1. The quantitative estimate of drug-likeness (QED) is 0.777. The lowest BCUT2D eigenvalue weighted by atomic mass is 10.2. The lowest BCUT2D eigenvalue weighted by Gasteiger charge is -2.15. The monoisotopic (exact) mass is 279 g/mol. The minimum Gasteiger partial charge on any atom is -0.374 e. The SMILES string of the molecule is CCc1nc(N)nc(N[C@@H](C)c2nnc(N)s2)c1C. The molecule has 2 aromatic heterocycles. The van der Waals surface area contributed by atoms with Crippen LogP contribution in [0.15, 0.2) is 0 Å². The lowest BCUT2D eigenvalue weighted by molar-refractivity contribution is 0.827. The third-order valence-corrected chi connectivity index (χ3v) is 3.71. The zero-order valence-corrected chi connectivity index (χ0v) is 12.0. The van der Waals surface area contributed by atoms with Gasteiger partial charge in [0.2, 0.25) is 11.1 Å². The van der Waals surface area contributed by atoms with E-state index in [2.05, 4.69) is 25.5 Å². The first-order chi connectivity index (χ1) is 9.01. The van der Waals surface area contributed by atoms with E-state index in [1.54, 1.807) is 0 Å². The second-order valence-corrected chi connectivity index (χ2v) is 5.24. The van der Waals surface area contributed by atoms with Crippen LogP contribution < -0.4 is 16.8 Å². The Bertz CT molecular complexity index is 580. The summed E-state index contributed by atoms with van der Waals surface area (Å²) < 4.78 is 0. The fraction of sp³-hybridized carbons (Fsp3) is 0.455. The minimum atomic E-state index is -0.0347. The largest absolute Gasteiger partial charge is 0.374 e. The minimum absolute atomic E-state index is 0.0347. The van der Waals surface area contributed by atoms with E-state index >= 15 is 0 Å². The fourth-order valence-electron chi connectivity index (χ4n) is 1.76. The molecule has 0 aliphatic rings. The van der Waals surface area contributed by atoms with Crippen LogP contribution >= 0.6 is 11.3 Å². The Hall–Kier alpha value is -1.96. The molecule has 1 atom stereocenters. The molecule has 0 bridgehead atoms. The molecular formula is C11H17N7S. The molecule has 102 valence electrons. The Morgan fingerprint density at radius 2 is 2.00 bits per heavy atom. The predicted octanol–water partition coefficient (Wildman–Crippen LogP) is 1.54. The van der Waals surface area contributed by atoms with Gasteiger partial charge in [-0.15, -0.1) is 10.2 Å². The highest BCUT2D eigenvalue weighted by Crippen LogP contribution is 2.25. The normalized spacial score (nSPS) is 12.4. The molecule has 0 saturated carbocycles. The van der Waals surface area contributed by atoms with Crippen LogP contribution in [0.2, 0.25) is 0 Å². The van der Waals surface area contributed by atoms with E-state index in [9.17, 15) is 0 Å². The maximum Gasteiger partial charge on any atom is 0.222 e. The number of hydrogen-bond acceptors (Lipinski definition) is 8. The Morgan fingerprint density at radius 3 is 2.58 bits per heavy atom. The molecule has 0 radical (unpaired) electrons. The van der Waals surface area contributed by atoms with Crippen LogP contribution in [0, 0.1) is 6.92 Å². The first-order valence-corrected chi connectivity index (χ1v) is 6.81. The number of rotatable bonds is 4. The highest BCUT2D eigenvalue weighted by Gasteiger charge is 2.15. The van der Waals surface area contributed by atoms with E-state index in [0.29, 0.717) is 5.13 Å². The molecule has 5 N–H and O–H groups in total. The number of nitrogens with two attached hydrogens (primary N) is 2. The van der Waals surface area contributed by atoms with Crippen molar-refractivity contribution in [1.82, 2.24) is 20.2 Å². The Morgan fingerprint density at radius 1 is 1.26 bits per heavy atom. The van der Waals surface area contributed by atoms with Gasteiger partial charge >= 0.3 is 0 Å². The van der Waals surface area contributed by atoms with Gasteiger partial charge in [0.15, 0.2) is 0 Å². The van der Waals surface area contributed by atoms with E-state index in [1.165, 1.54) is 11.3 Å². The summed E-state index contributed by atoms with van der Waals surface area (Å²) in [5.41, 5.74) is 13.2. The molecule has 0 fully saturated rings. The number of anilines is 3. The van der Waals surface area contributed by atoms with Gasteiger partial charge in [0, 0.05) is 5.56 Å². The summed E-state index contributed by atoms with van der Waals surface area (Å²) in [6.45, 7) is 5.98. The number of aromatic nitrogens is 4. The molecule has 0 unspecified atom stereocenters. The third-order valence-electron chi connectivity index (χ3n) is 2.78. The molecule has 2 aromatic rings. The van der Waals surface area contributed by atoms with Gasteiger partial charge in [-0.25, -0.2) is 4.98 Å². The second kappa shape index (κ2) is 5.35. The maximum absolute atomic E-state index is 5.71. The van der Waals surface area contributed by atoms with Crippen molar-refractivity contribution in [2.75, 3.05) is 16.8 Å². The van der Waals surface area contributed by atoms with Crippen molar-refractivity contribution in [3.8, 4) is 0 Å². The zero-order valence-electron chi connectivity index (χ0n) is 11.1. The van der Waals surface area contributed by atoms with Crippen molar-refractivity contribution >= 4 is 28.2 Å². The van der Waals surface area contributed by atoms with Crippen LogP contribution in [0.4, 0.5) is 16.9 Å². The molecule has 2 rings (SSSR count). The molecule has 0 aliphatic heterocycles. The average molecular weight is 279 g/mol. The summed E-state index contributed by atoms with van der Waals surface area (Å²) in [4.78, 5) is 8.45. The summed E-state index contributed by atoms with van der Waals surface area (Å²) in [5.74, 6) is 1.000. The Labute approximate surface area is 115 Å². The first-order valence-electron chi connectivity index (χ1n) is 5.99. The molecule has 0 amide bonds. The van der Waals surface area contributed by atoms with Gasteiger partial charge in [-0.2, -0.15) is 4.98 Å². The van der Waals surface area contributed by atoms with Gasteiger partial charge in [-0.3, -0.25) is 0 Å². The predicted molar refractivity (Wildman–Crippen MR) is 76.9 cm³/mol. The van der Waals surface area contributed by atoms with E-state index in [0.717, 1.165) is 28.5 Å². The lowest BCUT2D eigenvalue weighted by Crippen LogP contribution is -2.12. The molecule has 8 heteroatoms. The van der Waals surface area contributed by atoms with Gasteiger partial charge in [-0.1, -0.05) is 18.3 Å². The van der Waals surface area contributed by atoms with E-state index in [1.807, 2.05) is 20.8 Å². The van der Waals surface area contributed by atoms with Crippen LogP contribution in [-0.4, -0.2) is 20.2 Å². The third kappa shape index (κ3) is 2.90. The summed E-state index contributed by atoms with van der Waals surface area (Å²) in [6, 6.07) is -0.0347. The van der Waals surface area contributed by atoms with Crippen LogP contribution in [0.1, 0.15) is 36.2 Å². The van der Waals surface area contributed by atoms with Gasteiger partial charge < -0.3 is 16.8 Å². The second-order valence-electron chi connectivity index (χ2n) is 4.20. The van der Waals surface area contributed by atoms with Gasteiger partial charge in [-0.05, 0) is 20.3 Å². The number of aryl methyl sites for hydroxylation is 1. The molecule has 7 nitrogen and oxygen atoms in total. The summed E-state index contributed by atoms with van der Waals surface area (Å²) in [7, 11) is 0. The summed E-state index contributed by atoms with van der Waals surface area (Å²) in [5, 5.41) is 12.4. The zero-order chi connectivity index (χ0) is 14.0. The van der Waals surface area contributed by atoms with Crippen molar-refractivity contribution in [3.05, 3.63) is 16.3 Å². The number of nitrogen functional groups attached to an aromatic ring is 2. The molecule has 0 aliphatic carbocycles. The molecule has 19 heavy (non-hydrogen) atoms. The van der Waals surface area contributed by atoms with E-state index in [-0.39, 0.29) is 12.0 Å². The van der Waals surface area contributed by atoms with Crippen LogP contribution in [0.5, 0.6) is 0 Å². The van der Waals surface area contributed by atoms with Crippen molar-refractivity contribution in [2.24, 2.45) is 0 Å². The maximum atomic E-state index is 5.71. The van der Waals surface area contributed by atoms with Gasteiger partial charge in [0.25, 0.3) is 0 Å². The Balaban J connectivity index is 2.25. The van der Waals surface area contributed by atoms with Crippen LogP contribution in [0.25, 0.3) is 0 Å². The molecular weight excluding hydrogens is 262 g/mol. The van der Waals surface area contributed by atoms with Crippen LogP contribution in [0.3, 0.4) is 0 Å². The van der Waals surface area contributed by atoms with E-state index in [4.69, 9.17) is 11.5 Å².